The van der Waals surface area contributed by atoms with Crippen molar-refractivity contribution in [2.45, 2.75) is 0 Å². The SMILES string of the molecule is O=C1OB(F)OC(=O)C1CF. The molecule has 0 aromatic carbocycles. The van der Waals surface area contributed by atoms with Crippen LogP contribution in [0.4, 0.5) is 8.71 Å². The van der Waals surface area contributed by atoms with Crippen molar-refractivity contribution >= 4 is 19.3 Å². The largest absolute Gasteiger partial charge is 0.834 e. The van der Waals surface area contributed by atoms with Gasteiger partial charge in [0.25, 0.3) is 0 Å². The summed E-state index contributed by atoms with van der Waals surface area (Å²) >= 11 is 0. The molecule has 0 radical (unpaired) electrons. The minimum atomic E-state index is -2.39. The highest BCUT2D eigenvalue weighted by atomic mass is 19.1. The number of hydrogen-bond acceptors (Lipinski definition) is 4. The molecule has 1 aliphatic heterocycles. The summed E-state index contributed by atoms with van der Waals surface area (Å²) in [6.07, 6.45) is 0. The summed E-state index contributed by atoms with van der Waals surface area (Å²) < 4.78 is 31.3. The average Bonchev–Trinajstić information content (AvgIpc) is 1.85. The fraction of sp³-hybridized carbons (Fsp3) is 0.500. The lowest BCUT2D eigenvalue weighted by Crippen LogP contribution is -2.42. The Hall–Kier alpha value is -1.14. The van der Waals surface area contributed by atoms with Crippen LogP contribution in [0.2, 0.25) is 0 Å². The molecule has 0 bridgehead atoms. The molecule has 1 aliphatic rings. The second-order valence-corrected chi connectivity index (χ2v) is 1.86. The molecule has 0 spiro atoms. The minimum absolute atomic E-state index is 1.23. The predicted molar refractivity (Wildman–Crippen MR) is 28.5 cm³/mol. The number of rotatable bonds is 1. The molecule has 0 aromatic heterocycles. The van der Waals surface area contributed by atoms with Gasteiger partial charge in [-0.15, -0.1) is 0 Å². The van der Waals surface area contributed by atoms with E-state index >= 15 is 0 Å². The van der Waals surface area contributed by atoms with Gasteiger partial charge in [0.15, 0.2) is 5.92 Å². The maximum Gasteiger partial charge on any atom is 0.834 e. The van der Waals surface area contributed by atoms with Gasteiger partial charge in [0.2, 0.25) is 0 Å². The van der Waals surface area contributed by atoms with Gasteiger partial charge in [0.1, 0.15) is 6.67 Å². The van der Waals surface area contributed by atoms with E-state index in [2.05, 4.69) is 9.31 Å². The number of carbonyl (C=O) groups is 2. The van der Waals surface area contributed by atoms with Crippen LogP contribution in [0.5, 0.6) is 0 Å². The number of alkyl halides is 1. The smallest absolute Gasteiger partial charge is 0.469 e. The van der Waals surface area contributed by atoms with Crippen molar-refractivity contribution in [1.82, 2.24) is 0 Å². The normalized spacial score (nSPS) is 19.6. The summed E-state index contributed by atoms with van der Waals surface area (Å²) in [7, 11) is -2.39. The first kappa shape index (κ1) is 7.97. The van der Waals surface area contributed by atoms with E-state index in [1.807, 2.05) is 0 Å². The Balaban J connectivity index is 2.67. The van der Waals surface area contributed by atoms with Crippen molar-refractivity contribution in [3.8, 4) is 0 Å². The molecule has 0 N–H and O–H groups in total. The van der Waals surface area contributed by atoms with Crippen LogP contribution < -0.4 is 0 Å². The van der Waals surface area contributed by atoms with E-state index in [0.29, 0.717) is 0 Å². The van der Waals surface area contributed by atoms with Crippen LogP contribution in [0.15, 0.2) is 0 Å². The van der Waals surface area contributed by atoms with Gasteiger partial charge in [0, 0.05) is 0 Å². The molecular weight excluding hydrogens is 161 g/mol. The molecule has 1 rings (SSSR count). The molecule has 7 heteroatoms. The van der Waals surface area contributed by atoms with Gasteiger partial charge in [-0.1, -0.05) is 0 Å². The Morgan fingerprint density at radius 1 is 1.36 bits per heavy atom. The molecule has 1 saturated heterocycles. The maximum absolute atomic E-state index is 12.0. The van der Waals surface area contributed by atoms with Crippen LogP contribution in [0.25, 0.3) is 0 Å². The lowest BCUT2D eigenvalue weighted by Gasteiger charge is -2.17. The number of halogens is 2. The highest BCUT2D eigenvalue weighted by molar-refractivity contribution is 6.43. The predicted octanol–water partition coefficient (Wildman–Crippen LogP) is -0.374. The van der Waals surface area contributed by atoms with Crippen molar-refractivity contribution in [2.24, 2.45) is 5.92 Å². The van der Waals surface area contributed by atoms with Crippen LogP contribution in [0, 0.1) is 5.92 Å². The van der Waals surface area contributed by atoms with Crippen LogP contribution in [-0.4, -0.2) is 26.0 Å². The van der Waals surface area contributed by atoms with Gasteiger partial charge < -0.3 is 9.31 Å². The first-order chi connectivity index (χ1) is 5.15. The zero-order chi connectivity index (χ0) is 8.43. The highest BCUT2D eigenvalue weighted by Crippen LogP contribution is 2.12. The fourth-order valence-electron chi connectivity index (χ4n) is 0.593. The average molecular weight is 164 g/mol. The summed E-state index contributed by atoms with van der Waals surface area (Å²) in [6, 6.07) is 0. The van der Waals surface area contributed by atoms with Gasteiger partial charge in [-0.3, -0.25) is 9.59 Å². The van der Waals surface area contributed by atoms with E-state index in [0.717, 1.165) is 0 Å². The van der Waals surface area contributed by atoms with Crippen LogP contribution >= 0.6 is 0 Å². The zero-order valence-electron chi connectivity index (χ0n) is 5.25. The number of carbonyl (C=O) groups excluding carboxylic acids is 2. The molecule has 0 aromatic rings. The second kappa shape index (κ2) is 2.85. The van der Waals surface area contributed by atoms with Crippen molar-refractivity contribution < 1.29 is 27.6 Å². The Bertz CT molecular complexity index is 179. The summed E-state index contributed by atoms with van der Waals surface area (Å²) in [6.45, 7) is -1.23. The topological polar surface area (TPSA) is 52.6 Å². The molecule has 1 fully saturated rings. The molecule has 60 valence electrons. The lowest BCUT2D eigenvalue weighted by molar-refractivity contribution is -0.161. The first-order valence-electron chi connectivity index (χ1n) is 2.76. The molecule has 0 atom stereocenters. The van der Waals surface area contributed by atoms with Crippen molar-refractivity contribution in [3.63, 3.8) is 0 Å². The molecule has 0 unspecified atom stereocenters. The first-order valence-corrected chi connectivity index (χ1v) is 2.76. The Morgan fingerprint density at radius 2 is 1.82 bits per heavy atom. The molecule has 0 aliphatic carbocycles. The third kappa shape index (κ3) is 1.47. The van der Waals surface area contributed by atoms with Crippen molar-refractivity contribution in [1.29, 1.82) is 0 Å². The molecule has 0 amide bonds. The van der Waals surface area contributed by atoms with E-state index in [9.17, 15) is 18.3 Å². The Morgan fingerprint density at radius 3 is 2.18 bits per heavy atom. The minimum Gasteiger partial charge on any atom is -0.469 e. The van der Waals surface area contributed by atoms with Crippen LogP contribution in [0.1, 0.15) is 0 Å². The highest BCUT2D eigenvalue weighted by Gasteiger charge is 2.44. The fourth-order valence-corrected chi connectivity index (χ4v) is 0.593. The van der Waals surface area contributed by atoms with Crippen molar-refractivity contribution in [3.05, 3.63) is 0 Å². The quantitative estimate of drug-likeness (QED) is 0.391. The summed E-state index contributed by atoms with van der Waals surface area (Å²) in [5, 5.41) is 0. The maximum atomic E-state index is 12.0. The molecule has 1 heterocycles. The van der Waals surface area contributed by atoms with Crippen LogP contribution in [0.3, 0.4) is 0 Å². The lowest BCUT2D eigenvalue weighted by atomic mass is 10.1. The van der Waals surface area contributed by atoms with Gasteiger partial charge in [0.05, 0.1) is 0 Å². The Kier molecular flexibility index (Phi) is 2.07. The van der Waals surface area contributed by atoms with Crippen molar-refractivity contribution in [2.75, 3.05) is 6.67 Å². The molecular formula is C4H3BF2O4. The number of hydrogen-bond donors (Lipinski definition) is 0. The standard InChI is InChI=1S/C4H3BF2O4/c6-1-2-3(8)10-5(7)11-4(2)9/h2H,1H2. The second-order valence-electron chi connectivity index (χ2n) is 1.86. The van der Waals surface area contributed by atoms with E-state index < -0.39 is 31.9 Å². The molecule has 0 saturated carbocycles. The van der Waals surface area contributed by atoms with Gasteiger partial charge in [-0.2, -0.15) is 0 Å². The van der Waals surface area contributed by atoms with E-state index in [1.54, 1.807) is 0 Å². The van der Waals surface area contributed by atoms with E-state index in [4.69, 9.17) is 0 Å². The summed E-state index contributed by atoms with van der Waals surface area (Å²) in [5.41, 5.74) is 0. The monoisotopic (exact) mass is 164 g/mol. The Labute approximate surface area is 60.7 Å². The van der Waals surface area contributed by atoms with Gasteiger partial charge in [-0.05, 0) is 0 Å². The summed E-state index contributed by atoms with van der Waals surface area (Å²) in [5.74, 6) is -4.07. The van der Waals surface area contributed by atoms with Gasteiger partial charge >= 0.3 is 19.3 Å². The third-order valence-electron chi connectivity index (χ3n) is 1.14. The zero-order valence-corrected chi connectivity index (χ0v) is 5.25. The molecule has 11 heavy (non-hydrogen) atoms. The van der Waals surface area contributed by atoms with Crippen LogP contribution in [-0.2, 0) is 18.9 Å². The van der Waals surface area contributed by atoms with E-state index in [-0.39, 0.29) is 0 Å². The van der Waals surface area contributed by atoms with Gasteiger partial charge in [-0.25, -0.2) is 8.71 Å². The molecule has 4 nitrogen and oxygen atoms in total. The summed E-state index contributed by atoms with van der Waals surface area (Å²) in [4.78, 5) is 20.9. The third-order valence-corrected chi connectivity index (χ3v) is 1.14. The van der Waals surface area contributed by atoms with E-state index in [1.165, 1.54) is 0 Å².